The number of esters is 1. The minimum atomic E-state index is -4.60. The van der Waals surface area contributed by atoms with Gasteiger partial charge in [0, 0.05) is 37.5 Å². The van der Waals surface area contributed by atoms with Gasteiger partial charge in [-0.15, -0.1) is 0 Å². The second kappa shape index (κ2) is 11.3. The number of alkyl halides is 6. The lowest BCUT2D eigenvalue weighted by Gasteiger charge is -2.09. The van der Waals surface area contributed by atoms with E-state index in [1.807, 2.05) is 0 Å². The standard InChI is InChI=1S/C8H6F3NO2.C7H3ClF3NO.CH4O/c1-14-7(13)5-2-3-12-4-6(5)8(9,10)11;8-6(13)4-1-2-12-3-5(4)7(9,10)11;1-2/h2-4H,1H3;1-3H;2H,1H3. The Morgan fingerprint density at radius 3 is 1.59 bits per heavy atom. The maximum Gasteiger partial charge on any atom is 0.418 e. The fourth-order valence-corrected chi connectivity index (χ4v) is 1.86. The van der Waals surface area contributed by atoms with Gasteiger partial charge in [-0.2, -0.15) is 26.3 Å². The van der Waals surface area contributed by atoms with Crippen molar-refractivity contribution in [1.29, 1.82) is 0 Å². The van der Waals surface area contributed by atoms with E-state index in [0.29, 0.717) is 12.4 Å². The van der Waals surface area contributed by atoms with E-state index in [0.717, 1.165) is 38.7 Å². The summed E-state index contributed by atoms with van der Waals surface area (Å²) in [5, 5.41) is 5.86. The topological polar surface area (TPSA) is 89.4 Å². The molecule has 6 nitrogen and oxygen atoms in total. The molecule has 0 saturated heterocycles. The predicted octanol–water partition coefficient (Wildman–Crippen LogP) is 3.97. The smallest absolute Gasteiger partial charge is 0.418 e. The minimum Gasteiger partial charge on any atom is -0.465 e. The molecule has 1 N–H and O–H groups in total. The average Bonchev–Trinajstić information content (AvgIpc) is 2.68. The van der Waals surface area contributed by atoms with Crippen LogP contribution in [0, 0.1) is 0 Å². The van der Waals surface area contributed by atoms with Crippen LogP contribution in [0.25, 0.3) is 0 Å². The Morgan fingerprint density at radius 2 is 1.28 bits per heavy atom. The maximum absolute atomic E-state index is 12.3. The molecule has 0 spiro atoms. The monoisotopic (exact) mass is 446 g/mol. The van der Waals surface area contributed by atoms with E-state index >= 15 is 0 Å². The van der Waals surface area contributed by atoms with Crippen LogP contribution < -0.4 is 0 Å². The van der Waals surface area contributed by atoms with Crippen molar-refractivity contribution in [2.45, 2.75) is 12.4 Å². The zero-order valence-corrected chi connectivity index (χ0v) is 15.4. The molecule has 29 heavy (non-hydrogen) atoms. The van der Waals surface area contributed by atoms with Crippen LogP contribution in [0.3, 0.4) is 0 Å². The molecule has 0 aliphatic heterocycles. The maximum atomic E-state index is 12.3. The van der Waals surface area contributed by atoms with Gasteiger partial charge in [0.25, 0.3) is 5.24 Å². The molecule has 0 bridgehead atoms. The summed E-state index contributed by atoms with van der Waals surface area (Å²) in [4.78, 5) is 28.0. The van der Waals surface area contributed by atoms with Crippen LogP contribution >= 0.6 is 11.6 Å². The first-order valence-electron chi connectivity index (χ1n) is 7.14. The summed E-state index contributed by atoms with van der Waals surface area (Å²) in [5.41, 5.74) is -3.32. The van der Waals surface area contributed by atoms with Gasteiger partial charge in [0.2, 0.25) is 0 Å². The second-order valence-electron chi connectivity index (χ2n) is 4.60. The molecule has 2 aromatic heterocycles. The third kappa shape index (κ3) is 8.03. The van der Waals surface area contributed by atoms with Crippen LogP contribution in [0.5, 0.6) is 0 Å². The summed E-state index contributed by atoms with van der Waals surface area (Å²) in [7, 11) is 2.02. The van der Waals surface area contributed by atoms with Gasteiger partial charge in [-0.1, -0.05) is 0 Å². The Bertz CT molecular complexity index is 828. The molecule has 2 heterocycles. The zero-order chi connectivity index (χ0) is 22.8. The molecule has 0 aromatic carbocycles. The van der Waals surface area contributed by atoms with Crippen LogP contribution in [0.2, 0.25) is 0 Å². The number of nitrogens with zero attached hydrogens (tertiary/aromatic N) is 2. The van der Waals surface area contributed by atoms with Gasteiger partial charge < -0.3 is 9.84 Å². The third-order valence-electron chi connectivity index (χ3n) is 2.87. The van der Waals surface area contributed by atoms with Crippen molar-refractivity contribution in [3.63, 3.8) is 0 Å². The van der Waals surface area contributed by atoms with Gasteiger partial charge in [-0.25, -0.2) is 4.79 Å². The van der Waals surface area contributed by atoms with Gasteiger partial charge in [0.15, 0.2) is 0 Å². The lowest BCUT2D eigenvalue weighted by molar-refractivity contribution is -0.139. The number of rotatable bonds is 2. The van der Waals surface area contributed by atoms with Crippen LogP contribution in [-0.2, 0) is 17.1 Å². The first-order chi connectivity index (χ1) is 13.4. The van der Waals surface area contributed by atoms with E-state index in [9.17, 15) is 35.9 Å². The first kappa shape index (κ1) is 26.3. The Labute approximate surface area is 165 Å². The largest absolute Gasteiger partial charge is 0.465 e. The first-order valence-corrected chi connectivity index (χ1v) is 7.52. The average molecular weight is 447 g/mol. The molecule has 0 aliphatic carbocycles. The van der Waals surface area contributed by atoms with E-state index in [2.05, 4.69) is 14.7 Å². The van der Waals surface area contributed by atoms with Crippen LogP contribution in [-0.4, -0.2) is 40.5 Å². The predicted molar refractivity (Wildman–Crippen MR) is 88.1 cm³/mol. The van der Waals surface area contributed by atoms with Crippen molar-refractivity contribution in [2.24, 2.45) is 0 Å². The number of methoxy groups -OCH3 is 1. The molecule has 2 rings (SSSR count). The van der Waals surface area contributed by atoms with E-state index in [1.165, 1.54) is 0 Å². The molecule has 0 unspecified atom stereocenters. The summed E-state index contributed by atoms with van der Waals surface area (Å²) in [5.74, 6) is -1.03. The van der Waals surface area contributed by atoms with E-state index in [4.69, 9.17) is 16.7 Å². The molecule has 2 aromatic rings. The quantitative estimate of drug-likeness (QED) is 0.426. The van der Waals surface area contributed by atoms with Crippen molar-refractivity contribution in [1.82, 2.24) is 9.97 Å². The number of halogens is 7. The van der Waals surface area contributed by atoms with Crippen molar-refractivity contribution in [3.05, 3.63) is 59.2 Å². The highest BCUT2D eigenvalue weighted by molar-refractivity contribution is 6.67. The summed E-state index contributed by atoms with van der Waals surface area (Å²) < 4.78 is 77.6. The van der Waals surface area contributed by atoms with Gasteiger partial charge in [-0.05, 0) is 23.7 Å². The molecular formula is C16H13ClF6N2O4. The van der Waals surface area contributed by atoms with Crippen molar-refractivity contribution in [2.75, 3.05) is 14.2 Å². The van der Waals surface area contributed by atoms with E-state index in [1.54, 1.807) is 0 Å². The Morgan fingerprint density at radius 1 is 0.897 bits per heavy atom. The summed E-state index contributed by atoms with van der Waals surface area (Å²) in [6, 6.07) is 1.90. The number of pyridine rings is 2. The fourth-order valence-electron chi connectivity index (χ4n) is 1.70. The third-order valence-corrected chi connectivity index (χ3v) is 3.07. The number of carbonyl (C=O) groups is 2. The minimum absolute atomic E-state index is 0.532. The molecule has 160 valence electrons. The number of aromatic nitrogens is 2. The molecule has 0 aliphatic rings. The van der Waals surface area contributed by atoms with Crippen LogP contribution in [0.1, 0.15) is 31.8 Å². The number of aliphatic hydroxyl groups is 1. The van der Waals surface area contributed by atoms with Crippen LogP contribution in [0.4, 0.5) is 26.3 Å². The SMILES string of the molecule is CO.COC(=O)c1ccncc1C(F)(F)F.O=C(Cl)c1ccncc1C(F)(F)F. The lowest BCUT2D eigenvalue weighted by Crippen LogP contribution is -2.14. The summed E-state index contributed by atoms with van der Waals surface area (Å²) >= 11 is 4.95. The highest BCUT2D eigenvalue weighted by Crippen LogP contribution is 2.32. The molecule has 0 amide bonds. The number of hydrogen-bond donors (Lipinski definition) is 1. The fraction of sp³-hybridized carbons (Fsp3) is 0.250. The Hall–Kier alpha value is -2.73. The number of aliphatic hydroxyl groups excluding tert-OH is 1. The van der Waals surface area contributed by atoms with Crippen molar-refractivity contribution >= 4 is 22.8 Å². The molecule has 0 atom stereocenters. The summed E-state index contributed by atoms with van der Waals surface area (Å²) in [6.07, 6.45) is -5.87. The van der Waals surface area contributed by atoms with E-state index < -0.39 is 45.8 Å². The molecule has 13 heteroatoms. The normalized spacial score (nSPS) is 10.7. The van der Waals surface area contributed by atoms with Crippen molar-refractivity contribution < 1.29 is 45.8 Å². The molecule has 0 saturated carbocycles. The second-order valence-corrected chi connectivity index (χ2v) is 4.95. The molecular weight excluding hydrogens is 434 g/mol. The lowest BCUT2D eigenvalue weighted by atomic mass is 10.1. The summed E-state index contributed by atoms with van der Waals surface area (Å²) in [6.45, 7) is 0. The Balaban J connectivity index is 0.000000499. The van der Waals surface area contributed by atoms with Gasteiger partial charge >= 0.3 is 18.3 Å². The molecule has 0 fully saturated rings. The number of hydrogen-bond acceptors (Lipinski definition) is 6. The van der Waals surface area contributed by atoms with E-state index in [-0.39, 0.29) is 0 Å². The Kier molecular flexibility index (Phi) is 10.2. The van der Waals surface area contributed by atoms with Gasteiger partial charge in [0.05, 0.1) is 23.8 Å². The number of carbonyl (C=O) groups excluding carboxylic acids is 2. The van der Waals surface area contributed by atoms with Gasteiger partial charge in [-0.3, -0.25) is 14.8 Å². The zero-order valence-electron chi connectivity index (χ0n) is 14.7. The van der Waals surface area contributed by atoms with Crippen LogP contribution in [0.15, 0.2) is 36.9 Å². The van der Waals surface area contributed by atoms with Gasteiger partial charge in [0.1, 0.15) is 0 Å². The highest BCUT2D eigenvalue weighted by Gasteiger charge is 2.36. The van der Waals surface area contributed by atoms with Crippen molar-refractivity contribution in [3.8, 4) is 0 Å². The molecule has 0 radical (unpaired) electrons. The number of ether oxygens (including phenoxy) is 1. The highest BCUT2D eigenvalue weighted by atomic mass is 35.5.